The van der Waals surface area contributed by atoms with Crippen molar-refractivity contribution in [3.05, 3.63) is 92.4 Å². The molecule has 0 radical (unpaired) electrons. The van der Waals surface area contributed by atoms with Crippen molar-refractivity contribution in [2.24, 2.45) is 5.10 Å². The zero-order valence-electron chi connectivity index (χ0n) is 16.2. The van der Waals surface area contributed by atoms with Crippen LogP contribution in [0.3, 0.4) is 0 Å². The molecule has 3 N–H and O–H groups in total. The highest BCUT2D eigenvalue weighted by molar-refractivity contribution is 9.10. The molecule has 32 heavy (non-hydrogen) atoms. The van der Waals surface area contributed by atoms with Crippen molar-refractivity contribution < 1.29 is 14.4 Å². The number of carbonyl (C=O) groups is 3. The molecule has 0 atom stereocenters. The van der Waals surface area contributed by atoms with Gasteiger partial charge in [0, 0.05) is 15.7 Å². The first kappa shape index (κ1) is 23.5. The number of hydrazone groups is 1. The highest BCUT2D eigenvalue weighted by Gasteiger charge is 2.18. The van der Waals surface area contributed by atoms with Crippen molar-refractivity contribution in [1.29, 1.82) is 0 Å². The number of carbonyl (C=O) groups excluding carboxylic acids is 3. The monoisotopic (exact) mass is 532 g/mol. The molecule has 0 saturated heterocycles. The maximum Gasteiger partial charge on any atom is 0.329 e. The average molecular weight is 534 g/mol. The summed E-state index contributed by atoms with van der Waals surface area (Å²) in [4.78, 5) is 37.0. The Balaban J connectivity index is 1.65. The largest absolute Gasteiger partial charge is 0.329 e. The van der Waals surface area contributed by atoms with Gasteiger partial charge in [-0.05, 0) is 42.5 Å². The van der Waals surface area contributed by atoms with E-state index in [1.54, 1.807) is 54.6 Å². The molecule has 3 aromatic rings. The zero-order chi connectivity index (χ0) is 23.1. The summed E-state index contributed by atoms with van der Waals surface area (Å²) in [7, 11) is 0. The predicted octanol–water partition coefficient (Wildman–Crippen LogP) is 5.10. The van der Waals surface area contributed by atoms with Crippen LogP contribution in [0.1, 0.15) is 15.9 Å². The highest BCUT2D eigenvalue weighted by atomic mass is 79.9. The van der Waals surface area contributed by atoms with Crippen LogP contribution in [-0.4, -0.2) is 23.9 Å². The normalized spacial score (nSPS) is 10.6. The summed E-state index contributed by atoms with van der Waals surface area (Å²) < 4.78 is 0.870. The van der Waals surface area contributed by atoms with Gasteiger partial charge in [0.05, 0.1) is 27.5 Å². The van der Waals surface area contributed by atoms with E-state index in [1.165, 1.54) is 18.3 Å². The minimum atomic E-state index is -1.03. The molecule has 3 rings (SSSR count). The van der Waals surface area contributed by atoms with Crippen LogP contribution in [0, 0.1) is 0 Å². The fourth-order valence-corrected chi connectivity index (χ4v) is 3.15. The van der Waals surface area contributed by atoms with Crippen LogP contribution >= 0.6 is 39.1 Å². The number of nitrogens with one attached hydrogen (secondary N) is 3. The molecule has 0 bridgehead atoms. The maximum absolute atomic E-state index is 12.6. The highest BCUT2D eigenvalue weighted by Crippen LogP contribution is 2.24. The second kappa shape index (κ2) is 10.9. The molecule has 0 heterocycles. The number of amides is 3. The first-order chi connectivity index (χ1) is 15.3. The summed E-state index contributed by atoms with van der Waals surface area (Å²) in [5.74, 6) is -2.47. The van der Waals surface area contributed by atoms with Crippen LogP contribution in [0.25, 0.3) is 0 Å². The van der Waals surface area contributed by atoms with E-state index < -0.39 is 17.7 Å². The molecule has 0 aliphatic rings. The van der Waals surface area contributed by atoms with Crippen molar-refractivity contribution >= 4 is 74.4 Å². The average Bonchev–Trinajstić information content (AvgIpc) is 2.78. The molecule has 3 aromatic carbocycles. The van der Waals surface area contributed by atoms with E-state index in [2.05, 4.69) is 37.1 Å². The van der Waals surface area contributed by atoms with Crippen molar-refractivity contribution in [3.63, 3.8) is 0 Å². The topological polar surface area (TPSA) is 99.7 Å². The lowest BCUT2D eigenvalue weighted by atomic mass is 10.1. The van der Waals surface area contributed by atoms with E-state index in [-0.39, 0.29) is 16.3 Å². The van der Waals surface area contributed by atoms with Gasteiger partial charge in [0.2, 0.25) is 0 Å². The molecular weight excluding hydrogens is 519 g/mol. The maximum atomic E-state index is 12.6. The Bertz CT molecular complexity index is 1200. The van der Waals surface area contributed by atoms with Gasteiger partial charge in [0.15, 0.2) is 0 Å². The lowest BCUT2D eigenvalue weighted by molar-refractivity contribution is -0.136. The fourth-order valence-electron chi connectivity index (χ4n) is 2.53. The summed E-state index contributed by atoms with van der Waals surface area (Å²) in [6.45, 7) is 0. The summed E-state index contributed by atoms with van der Waals surface area (Å²) in [5, 5.41) is 9.46. The number of hydrogen-bond donors (Lipinski definition) is 3. The number of para-hydroxylation sites is 1. The number of hydrogen-bond acceptors (Lipinski definition) is 4. The minimum absolute atomic E-state index is 0.170. The van der Waals surface area contributed by atoms with Gasteiger partial charge in [0.25, 0.3) is 5.91 Å². The van der Waals surface area contributed by atoms with Gasteiger partial charge in [-0.1, -0.05) is 63.4 Å². The molecule has 0 aliphatic carbocycles. The molecule has 0 saturated carbocycles. The molecule has 10 heteroatoms. The predicted molar refractivity (Wildman–Crippen MR) is 129 cm³/mol. The Kier molecular flexibility index (Phi) is 7.99. The van der Waals surface area contributed by atoms with Gasteiger partial charge < -0.3 is 10.6 Å². The van der Waals surface area contributed by atoms with Crippen LogP contribution in [0.15, 0.2) is 76.3 Å². The van der Waals surface area contributed by atoms with Crippen LogP contribution in [-0.2, 0) is 9.59 Å². The number of benzene rings is 3. The number of anilines is 2. The Morgan fingerprint density at radius 1 is 0.844 bits per heavy atom. The van der Waals surface area contributed by atoms with Crippen molar-refractivity contribution in [1.82, 2.24) is 5.43 Å². The molecule has 0 spiro atoms. The first-order valence-electron chi connectivity index (χ1n) is 9.09. The zero-order valence-corrected chi connectivity index (χ0v) is 19.3. The number of halogens is 3. The van der Waals surface area contributed by atoms with Crippen LogP contribution in [0.4, 0.5) is 11.4 Å². The third kappa shape index (κ3) is 6.16. The van der Waals surface area contributed by atoms with Gasteiger partial charge in [-0.15, -0.1) is 0 Å². The smallest absolute Gasteiger partial charge is 0.322 e. The molecule has 162 valence electrons. The Morgan fingerprint density at radius 2 is 1.56 bits per heavy atom. The molecule has 0 aromatic heterocycles. The lowest BCUT2D eigenvalue weighted by Gasteiger charge is -2.11. The molecule has 3 amide bonds. The standard InChI is InChI=1S/C22H15BrCl2N4O3/c23-14-8-10-15(11-9-14)27-20(30)16-5-1-2-7-18(16)28-21(31)22(32)29-26-12-13-4-3-6-17(24)19(13)25/h1-12H,(H,27,30)(H,28,31)(H,29,32). The van der Waals surface area contributed by atoms with E-state index in [4.69, 9.17) is 23.2 Å². The SMILES string of the molecule is O=C(NN=Cc1cccc(Cl)c1Cl)C(=O)Nc1ccccc1C(=O)Nc1ccc(Br)cc1. The van der Waals surface area contributed by atoms with Crippen molar-refractivity contribution in [3.8, 4) is 0 Å². The van der Waals surface area contributed by atoms with E-state index in [0.29, 0.717) is 16.3 Å². The van der Waals surface area contributed by atoms with Crippen molar-refractivity contribution in [2.45, 2.75) is 0 Å². The number of nitrogens with zero attached hydrogens (tertiary/aromatic N) is 1. The summed E-state index contributed by atoms with van der Waals surface area (Å²) in [6, 6.07) is 18.2. The van der Waals surface area contributed by atoms with Crippen LogP contribution < -0.4 is 16.1 Å². The van der Waals surface area contributed by atoms with Gasteiger partial charge in [0.1, 0.15) is 0 Å². The molecular formula is C22H15BrCl2N4O3. The minimum Gasteiger partial charge on any atom is -0.322 e. The third-order valence-electron chi connectivity index (χ3n) is 4.08. The van der Waals surface area contributed by atoms with E-state index in [0.717, 1.165) is 4.47 Å². The van der Waals surface area contributed by atoms with Gasteiger partial charge >= 0.3 is 11.8 Å². The van der Waals surface area contributed by atoms with E-state index in [1.807, 2.05) is 0 Å². The van der Waals surface area contributed by atoms with Gasteiger partial charge in [-0.2, -0.15) is 5.10 Å². The lowest BCUT2D eigenvalue weighted by Crippen LogP contribution is -2.33. The third-order valence-corrected chi connectivity index (χ3v) is 5.44. The Labute approximate surface area is 201 Å². The molecule has 7 nitrogen and oxygen atoms in total. The summed E-state index contributed by atoms with van der Waals surface area (Å²) >= 11 is 15.3. The summed E-state index contributed by atoms with van der Waals surface area (Å²) in [6.07, 6.45) is 1.26. The van der Waals surface area contributed by atoms with Crippen LogP contribution in [0.2, 0.25) is 10.0 Å². The van der Waals surface area contributed by atoms with Crippen molar-refractivity contribution in [2.75, 3.05) is 10.6 Å². The van der Waals surface area contributed by atoms with E-state index in [9.17, 15) is 14.4 Å². The Hall–Kier alpha value is -3.20. The second-order valence-electron chi connectivity index (χ2n) is 6.30. The first-order valence-corrected chi connectivity index (χ1v) is 10.6. The number of rotatable bonds is 5. The van der Waals surface area contributed by atoms with Crippen LogP contribution in [0.5, 0.6) is 0 Å². The van der Waals surface area contributed by atoms with Gasteiger partial charge in [-0.3, -0.25) is 14.4 Å². The molecule has 0 fully saturated rings. The van der Waals surface area contributed by atoms with E-state index >= 15 is 0 Å². The Morgan fingerprint density at radius 3 is 2.31 bits per heavy atom. The summed E-state index contributed by atoms with van der Waals surface area (Å²) in [5.41, 5.74) is 3.50. The quantitative estimate of drug-likeness (QED) is 0.242. The molecule has 0 unspecified atom stereocenters. The fraction of sp³-hybridized carbons (Fsp3) is 0. The second-order valence-corrected chi connectivity index (χ2v) is 8.00. The molecule has 0 aliphatic heterocycles. The van der Waals surface area contributed by atoms with Gasteiger partial charge in [-0.25, -0.2) is 5.43 Å².